The molecule has 0 aromatic heterocycles. The average Bonchev–Trinajstić information content (AvgIpc) is 2.07. The second-order valence-electron chi connectivity index (χ2n) is 3.27. The largest absolute Gasteiger partial charge is 0.478 e. The van der Waals surface area contributed by atoms with Crippen LogP contribution in [0.15, 0.2) is 18.2 Å². The third-order valence-electron chi connectivity index (χ3n) is 1.68. The molecule has 14 heavy (non-hydrogen) atoms. The van der Waals surface area contributed by atoms with E-state index >= 15 is 0 Å². The lowest BCUT2D eigenvalue weighted by atomic mass is 10.1. The Kier molecular flexibility index (Phi) is 3.06. The number of anilines is 1. The van der Waals surface area contributed by atoms with Gasteiger partial charge in [0.05, 0.1) is 11.3 Å². The van der Waals surface area contributed by atoms with Crippen molar-refractivity contribution in [2.45, 2.75) is 19.9 Å². The van der Waals surface area contributed by atoms with Crippen LogP contribution in [0.1, 0.15) is 24.2 Å². The molecule has 0 aliphatic rings. The van der Waals surface area contributed by atoms with Gasteiger partial charge in [-0.05, 0) is 26.0 Å². The maximum Gasteiger partial charge on any atom is 0.337 e. The van der Waals surface area contributed by atoms with Gasteiger partial charge in [0, 0.05) is 6.04 Å². The Bertz CT molecular complexity index is 350. The minimum atomic E-state index is -1.13. The van der Waals surface area contributed by atoms with Gasteiger partial charge in [-0.25, -0.2) is 9.18 Å². The van der Waals surface area contributed by atoms with Crippen LogP contribution in [0.4, 0.5) is 10.1 Å². The van der Waals surface area contributed by atoms with E-state index in [1.807, 2.05) is 13.8 Å². The van der Waals surface area contributed by atoms with Gasteiger partial charge in [0.1, 0.15) is 5.82 Å². The fraction of sp³-hybridized carbons (Fsp3) is 0.300. The molecule has 1 aromatic rings. The molecule has 0 aliphatic heterocycles. The van der Waals surface area contributed by atoms with Crippen molar-refractivity contribution >= 4 is 11.7 Å². The van der Waals surface area contributed by atoms with Gasteiger partial charge < -0.3 is 10.4 Å². The van der Waals surface area contributed by atoms with Crippen LogP contribution in [-0.2, 0) is 0 Å². The lowest BCUT2D eigenvalue weighted by molar-refractivity contribution is 0.0697. The van der Waals surface area contributed by atoms with Crippen LogP contribution in [0.2, 0.25) is 0 Å². The van der Waals surface area contributed by atoms with Crippen molar-refractivity contribution < 1.29 is 14.3 Å². The third-order valence-corrected chi connectivity index (χ3v) is 1.68. The summed E-state index contributed by atoms with van der Waals surface area (Å²) in [6.45, 7) is 3.64. The quantitative estimate of drug-likeness (QED) is 0.781. The highest BCUT2D eigenvalue weighted by Gasteiger charge is 2.14. The molecule has 4 heteroatoms. The SMILES string of the molecule is CC(C)Nc1c(F)cccc1C(=O)O. The van der Waals surface area contributed by atoms with E-state index in [1.54, 1.807) is 0 Å². The molecule has 0 heterocycles. The number of rotatable bonds is 3. The van der Waals surface area contributed by atoms with E-state index in [-0.39, 0.29) is 17.3 Å². The second-order valence-corrected chi connectivity index (χ2v) is 3.27. The topological polar surface area (TPSA) is 49.3 Å². The Hall–Kier alpha value is -1.58. The molecule has 0 saturated heterocycles. The van der Waals surface area contributed by atoms with Gasteiger partial charge >= 0.3 is 5.97 Å². The van der Waals surface area contributed by atoms with Crippen molar-refractivity contribution in [1.29, 1.82) is 0 Å². The highest BCUT2D eigenvalue weighted by molar-refractivity contribution is 5.94. The van der Waals surface area contributed by atoms with Gasteiger partial charge in [0.15, 0.2) is 0 Å². The molecule has 0 fully saturated rings. The van der Waals surface area contributed by atoms with Crippen LogP contribution in [0.5, 0.6) is 0 Å². The van der Waals surface area contributed by atoms with Crippen molar-refractivity contribution in [2.24, 2.45) is 0 Å². The van der Waals surface area contributed by atoms with Crippen molar-refractivity contribution in [2.75, 3.05) is 5.32 Å². The molecule has 1 aromatic carbocycles. The van der Waals surface area contributed by atoms with E-state index < -0.39 is 11.8 Å². The van der Waals surface area contributed by atoms with Crippen LogP contribution < -0.4 is 5.32 Å². The molecule has 2 N–H and O–H groups in total. The predicted octanol–water partition coefficient (Wildman–Crippen LogP) is 2.34. The standard InChI is InChI=1S/C10H12FNO2/c1-6(2)12-9-7(10(13)14)4-3-5-8(9)11/h3-6,12H,1-2H3,(H,13,14). The van der Waals surface area contributed by atoms with Gasteiger partial charge in [-0.3, -0.25) is 0 Å². The van der Waals surface area contributed by atoms with E-state index in [1.165, 1.54) is 18.2 Å². The summed E-state index contributed by atoms with van der Waals surface area (Å²) in [6, 6.07) is 3.97. The number of carbonyl (C=O) groups is 1. The van der Waals surface area contributed by atoms with Crippen molar-refractivity contribution in [3.8, 4) is 0 Å². The summed E-state index contributed by atoms with van der Waals surface area (Å²) in [5, 5.41) is 11.6. The van der Waals surface area contributed by atoms with E-state index in [4.69, 9.17) is 5.11 Å². The molecule has 0 bridgehead atoms. The monoisotopic (exact) mass is 197 g/mol. The van der Waals surface area contributed by atoms with Crippen LogP contribution in [-0.4, -0.2) is 17.1 Å². The second kappa shape index (κ2) is 4.09. The first-order valence-corrected chi connectivity index (χ1v) is 4.30. The summed E-state index contributed by atoms with van der Waals surface area (Å²) in [5.74, 6) is -1.67. The lowest BCUT2D eigenvalue weighted by Gasteiger charge is -2.13. The highest BCUT2D eigenvalue weighted by atomic mass is 19.1. The highest BCUT2D eigenvalue weighted by Crippen LogP contribution is 2.20. The minimum absolute atomic E-state index is 0.00926. The Morgan fingerprint density at radius 2 is 2.14 bits per heavy atom. The van der Waals surface area contributed by atoms with E-state index in [2.05, 4.69) is 5.32 Å². The fourth-order valence-electron chi connectivity index (χ4n) is 1.14. The van der Waals surface area contributed by atoms with Gasteiger partial charge in [-0.2, -0.15) is 0 Å². The fourth-order valence-corrected chi connectivity index (χ4v) is 1.14. The maximum absolute atomic E-state index is 13.2. The number of carboxylic acids is 1. The van der Waals surface area contributed by atoms with Crippen LogP contribution >= 0.6 is 0 Å². The first-order chi connectivity index (χ1) is 6.52. The first kappa shape index (κ1) is 10.5. The van der Waals surface area contributed by atoms with Crippen molar-refractivity contribution in [3.05, 3.63) is 29.6 Å². The lowest BCUT2D eigenvalue weighted by Crippen LogP contribution is -2.14. The maximum atomic E-state index is 13.2. The van der Waals surface area contributed by atoms with E-state index in [9.17, 15) is 9.18 Å². The van der Waals surface area contributed by atoms with Crippen LogP contribution in [0, 0.1) is 5.82 Å². The van der Waals surface area contributed by atoms with E-state index in [0.717, 1.165) is 0 Å². The smallest absolute Gasteiger partial charge is 0.337 e. The molecule has 0 unspecified atom stereocenters. The number of hydrogen-bond donors (Lipinski definition) is 2. The summed E-state index contributed by atoms with van der Waals surface area (Å²) in [6.07, 6.45) is 0. The Balaban J connectivity index is 3.15. The number of aromatic carboxylic acids is 1. The molecular formula is C10H12FNO2. The molecular weight excluding hydrogens is 185 g/mol. The molecule has 0 radical (unpaired) electrons. The summed E-state index contributed by atoms with van der Waals surface area (Å²) >= 11 is 0. The number of carboxylic acid groups (broad SMARTS) is 1. The Morgan fingerprint density at radius 3 is 2.64 bits per heavy atom. The molecule has 76 valence electrons. The Morgan fingerprint density at radius 1 is 1.50 bits per heavy atom. The number of benzene rings is 1. The molecule has 0 saturated carbocycles. The first-order valence-electron chi connectivity index (χ1n) is 4.30. The van der Waals surface area contributed by atoms with Crippen LogP contribution in [0.25, 0.3) is 0 Å². The normalized spacial score (nSPS) is 10.3. The van der Waals surface area contributed by atoms with Gasteiger partial charge in [0.2, 0.25) is 0 Å². The number of nitrogens with one attached hydrogen (secondary N) is 1. The molecule has 0 atom stereocenters. The minimum Gasteiger partial charge on any atom is -0.478 e. The summed E-state index contributed by atoms with van der Waals surface area (Å²) in [7, 11) is 0. The van der Waals surface area contributed by atoms with Gasteiger partial charge in [-0.1, -0.05) is 6.07 Å². The van der Waals surface area contributed by atoms with Gasteiger partial charge in [-0.15, -0.1) is 0 Å². The van der Waals surface area contributed by atoms with Crippen molar-refractivity contribution in [1.82, 2.24) is 0 Å². The zero-order chi connectivity index (χ0) is 10.7. The molecule has 0 amide bonds. The zero-order valence-electron chi connectivity index (χ0n) is 8.04. The zero-order valence-corrected chi connectivity index (χ0v) is 8.04. The predicted molar refractivity (Wildman–Crippen MR) is 52.1 cm³/mol. The summed E-state index contributed by atoms with van der Waals surface area (Å²) in [5.41, 5.74) is 0.00806. The molecule has 1 rings (SSSR count). The van der Waals surface area contributed by atoms with Crippen LogP contribution in [0.3, 0.4) is 0 Å². The summed E-state index contributed by atoms with van der Waals surface area (Å²) in [4.78, 5) is 10.7. The van der Waals surface area contributed by atoms with Gasteiger partial charge in [0.25, 0.3) is 0 Å². The number of halogens is 1. The summed E-state index contributed by atoms with van der Waals surface area (Å²) < 4.78 is 13.2. The van der Waals surface area contributed by atoms with E-state index in [0.29, 0.717) is 0 Å². The molecule has 3 nitrogen and oxygen atoms in total. The number of para-hydroxylation sites is 1. The molecule has 0 aliphatic carbocycles. The Labute approximate surface area is 81.6 Å². The third kappa shape index (κ3) is 2.22. The average molecular weight is 197 g/mol. The van der Waals surface area contributed by atoms with Crippen molar-refractivity contribution in [3.63, 3.8) is 0 Å². The molecule has 0 spiro atoms. The number of hydrogen-bond acceptors (Lipinski definition) is 2.